The van der Waals surface area contributed by atoms with Gasteiger partial charge in [-0.2, -0.15) is 0 Å². The summed E-state index contributed by atoms with van der Waals surface area (Å²) >= 11 is 0. The number of nitro groups is 1. The van der Waals surface area contributed by atoms with Crippen LogP contribution in [0.25, 0.3) is 0 Å². The monoisotopic (exact) mass is 295 g/mol. The Labute approximate surface area is 121 Å². The molecule has 1 rings (SSSR count). The number of rotatable bonds is 6. The van der Waals surface area contributed by atoms with Gasteiger partial charge in [0.2, 0.25) is 5.91 Å². The molecule has 1 aromatic carbocycles. The molecule has 0 heterocycles. The largest absolute Gasteiger partial charge is 0.484 e. The van der Waals surface area contributed by atoms with Crippen molar-refractivity contribution in [2.45, 2.75) is 6.92 Å². The minimum Gasteiger partial charge on any atom is -0.484 e. The molecule has 0 aliphatic carbocycles. The van der Waals surface area contributed by atoms with E-state index in [1.165, 1.54) is 23.1 Å². The smallest absolute Gasteiger partial charge is 0.272 e. The van der Waals surface area contributed by atoms with Crippen LogP contribution < -0.4 is 10.1 Å². The van der Waals surface area contributed by atoms with E-state index in [0.29, 0.717) is 11.3 Å². The zero-order valence-electron chi connectivity index (χ0n) is 12.1. The minimum atomic E-state index is -0.487. The molecule has 0 aliphatic rings. The highest BCUT2D eigenvalue weighted by atomic mass is 16.6. The number of ether oxygens (including phenoxy) is 1. The second-order valence-electron chi connectivity index (χ2n) is 4.56. The molecule has 0 saturated heterocycles. The molecule has 114 valence electrons. The number of carbonyl (C=O) groups is 2. The van der Waals surface area contributed by atoms with Crippen molar-refractivity contribution in [2.24, 2.45) is 0 Å². The van der Waals surface area contributed by atoms with Gasteiger partial charge in [0.25, 0.3) is 11.6 Å². The van der Waals surface area contributed by atoms with Crippen molar-refractivity contribution in [2.75, 3.05) is 27.2 Å². The molecule has 0 aliphatic heterocycles. The third-order valence-electron chi connectivity index (χ3n) is 2.67. The zero-order chi connectivity index (χ0) is 16.0. The van der Waals surface area contributed by atoms with Crippen molar-refractivity contribution in [3.63, 3.8) is 0 Å². The van der Waals surface area contributed by atoms with E-state index in [1.807, 2.05) is 0 Å². The van der Waals surface area contributed by atoms with Crippen molar-refractivity contribution >= 4 is 17.5 Å². The van der Waals surface area contributed by atoms with Gasteiger partial charge in [0.15, 0.2) is 6.61 Å². The van der Waals surface area contributed by atoms with Crippen LogP contribution in [0, 0.1) is 17.0 Å². The van der Waals surface area contributed by atoms with E-state index >= 15 is 0 Å². The molecule has 0 aromatic heterocycles. The van der Waals surface area contributed by atoms with E-state index < -0.39 is 10.8 Å². The molecular weight excluding hydrogens is 278 g/mol. The van der Waals surface area contributed by atoms with E-state index in [2.05, 4.69) is 5.32 Å². The average Bonchev–Trinajstić information content (AvgIpc) is 2.41. The molecule has 8 nitrogen and oxygen atoms in total. The molecule has 1 aromatic rings. The molecule has 0 fully saturated rings. The van der Waals surface area contributed by atoms with Crippen LogP contribution in [0.5, 0.6) is 5.75 Å². The second kappa shape index (κ2) is 7.22. The number of nitro benzene ring substituents is 1. The van der Waals surface area contributed by atoms with Gasteiger partial charge in [-0.1, -0.05) is 0 Å². The fraction of sp³-hybridized carbons (Fsp3) is 0.385. The Morgan fingerprint density at radius 3 is 2.57 bits per heavy atom. The molecule has 1 N–H and O–H groups in total. The first-order valence-electron chi connectivity index (χ1n) is 6.16. The van der Waals surface area contributed by atoms with Gasteiger partial charge in [0.05, 0.1) is 11.5 Å². The van der Waals surface area contributed by atoms with Crippen LogP contribution in [0.4, 0.5) is 5.69 Å². The first-order chi connectivity index (χ1) is 9.81. The lowest BCUT2D eigenvalue weighted by Crippen LogP contribution is -2.38. The van der Waals surface area contributed by atoms with Gasteiger partial charge in [0, 0.05) is 25.7 Å². The molecular formula is C13H17N3O5. The highest BCUT2D eigenvalue weighted by Gasteiger charge is 2.12. The number of hydrogen-bond acceptors (Lipinski definition) is 5. The molecule has 8 heteroatoms. The summed E-state index contributed by atoms with van der Waals surface area (Å²) < 4.78 is 5.22. The number of hydrogen-bond donors (Lipinski definition) is 1. The Hall–Kier alpha value is -2.64. The Balaban J connectivity index is 2.48. The maximum absolute atomic E-state index is 11.5. The van der Waals surface area contributed by atoms with E-state index in [9.17, 15) is 19.7 Å². The summed E-state index contributed by atoms with van der Waals surface area (Å²) in [6.07, 6.45) is 0. The molecule has 0 saturated carbocycles. The number of aryl methyl sites for hydroxylation is 1. The maximum Gasteiger partial charge on any atom is 0.272 e. The summed E-state index contributed by atoms with van der Waals surface area (Å²) in [7, 11) is 3.18. The van der Waals surface area contributed by atoms with E-state index in [1.54, 1.807) is 21.0 Å². The number of nitrogens with zero attached hydrogens (tertiary/aromatic N) is 2. The van der Waals surface area contributed by atoms with Gasteiger partial charge < -0.3 is 15.0 Å². The molecule has 0 radical (unpaired) electrons. The molecule has 0 spiro atoms. The summed E-state index contributed by atoms with van der Waals surface area (Å²) in [5, 5.41) is 13.1. The number of nitrogens with one attached hydrogen (secondary N) is 1. The van der Waals surface area contributed by atoms with Gasteiger partial charge >= 0.3 is 0 Å². The van der Waals surface area contributed by atoms with Crippen molar-refractivity contribution in [3.8, 4) is 5.75 Å². The van der Waals surface area contributed by atoms with Crippen LogP contribution in [-0.2, 0) is 9.59 Å². The van der Waals surface area contributed by atoms with E-state index in [0.717, 1.165) is 0 Å². The lowest BCUT2D eigenvalue weighted by atomic mass is 10.2. The van der Waals surface area contributed by atoms with Crippen LogP contribution in [0.2, 0.25) is 0 Å². The molecule has 0 unspecified atom stereocenters. The summed E-state index contributed by atoms with van der Waals surface area (Å²) in [5.74, 6) is -0.317. The van der Waals surface area contributed by atoms with Crippen molar-refractivity contribution in [1.29, 1.82) is 0 Å². The number of amides is 2. The van der Waals surface area contributed by atoms with E-state index in [-0.39, 0.29) is 24.7 Å². The summed E-state index contributed by atoms with van der Waals surface area (Å²) in [6.45, 7) is 1.22. The van der Waals surface area contributed by atoms with Gasteiger partial charge in [-0.3, -0.25) is 19.7 Å². The lowest BCUT2D eigenvalue weighted by Gasteiger charge is -2.11. The van der Waals surface area contributed by atoms with Crippen molar-refractivity contribution in [3.05, 3.63) is 33.9 Å². The third-order valence-corrected chi connectivity index (χ3v) is 2.67. The first kappa shape index (κ1) is 16.4. The SMILES string of the molecule is Cc1cc(OCC(=O)NCC(=O)N(C)C)ccc1[N+](=O)[O-]. The normalized spacial score (nSPS) is 9.86. The van der Waals surface area contributed by atoms with Gasteiger partial charge in [-0.15, -0.1) is 0 Å². The van der Waals surface area contributed by atoms with Crippen LogP contribution in [0.3, 0.4) is 0 Å². The van der Waals surface area contributed by atoms with Gasteiger partial charge in [0.1, 0.15) is 5.75 Å². The van der Waals surface area contributed by atoms with Crippen LogP contribution in [0.1, 0.15) is 5.56 Å². The molecule has 2 amide bonds. The Morgan fingerprint density at radius 2 is 2.05 bits per heavy atom. The number of likely N-dealkylation sites (N-methyl/N-ethyl adjacent to an activating group) is 1. The minimum absolute atomic E-state index is 0.0108. The maximum atomic E-state index is 11.5. The quantitative estimate of drug-likeness (QED) is 0.607. The highest BCUT2D eigenvalue weighted by molar-refractivity contribution is 5.85. The predicted octanol–water partition coefficient (Wildman–Crippen LogP) is 0.486. The third kappa shape index (κ3) is 5.09. The van der Waals surface area contributed by atoms with Gasteiger partial charge in [-0.25, -0.2) is 0 Å². The molecule has 0 atom stereocenters. The summed E-state index contributed by atoms with van der Waals surface area (Å²) in [6, 6.07) is 4.22. The Bertz CT molecular complexity index is 557. The zero-order valence-corrected chi connectivity index (χ0v) is 12.1. The average molecular weight is 295 g/mol. The van der Waals surface area contributed by atoms with Crippen molar-refractivity contribution < 1.29 is 19.2 Å². The molecule has 21 heavy (non-hydrogen) atoms. The lowest BCUT2D eigenvalue weighted by molar-refractivity contribution is -0.385. The second-order valence-corrected chi connectivity index (χ2v) is 4.56. The first-order valence-corrected chi connectivity index (χ1v) is 6.16. The van der Waals surface area contributed by atoms with Crippen LogP contribution in [0.15, 0.2) is 18.2 Å². The Kier molecular flexibility index (Phi) is 5.65. The standard InChI is InChI=1S/C13H17N3O5/c1-9-6-10(4-5-11(9)16(19)20)21-8-12(17)14-7-13(18)15(2)3/h4-6H,7-8H2,1-3H3,(H,14,17). The van der Waals surface area contributed by atoms with E-state index in [4.69, 9.17) is 4.74 Å². The fourth-order valence-electron chi connectivity index (χ4n) is 1.45. The van der Waals surface area contributed by atoms with Gasteiger partial charge in [-0.05, 0) is 19.1 Å². The summed E-state index contributed by atoms with van der Waals surface area (Å²) in [5.41, 5.74) is 0.434. The Morgan fingerprint density at radius 1 is 1.38 bits per heavy atom. The number of carbonyl (C=O) groups excluding carboxylic acids is 2. The topological polar surface area (TPSA) is 102 Å². The molecule has 0 bridgehead atoms. The van der Waals surface area contributed by atoms with Crippen molar-refractivity contribution in [1.82, 2.24) is 10.2 Å². The predicted molar refractivity (Wildman–Crippen MR) is 75.0 cm³/mol. The van der Waals surface area contributed by atoms with Crippen LogP contribution in [-0.4, -0.2) is 48.9 Å². The highest BCUT2D eigenvalue weighted by Crippen LogP contribution is 2.22. The van der Waals surface area contributed by atoms with Crippen LogP contribution >= 0.6 is 0 Å². The fourth-order valence-corrected chi connectivity index (χ4v) is 1.45. The summed E-state index contributed by atoms with van der Waals surface area (Å²) in [4.78, 5) is 34.3. The number of benzene rings is 1.